The number of benzene rings is 2. The maximum Gasteiger partial charge on any atom is 0.122 e. The van der Waals surface area contributed by atoms with Gasteiger partial charge in [0.1, 0.15) is 5.75 Å². The topological polar surface area (TPSA) is 20.2 Å². The first-order valence-electron chi connectivity index (χ1n) is 9.13. The molecule has 0 aliphatic rings. The molecule has 1 nitrogen and oxygen atoms in total. The lowest BCUT2D eigenvalue weighted by molar-refractivity contribution is 0.449. The van der Waals surface area contributed by atoms with Crippen LogP contribution in [0.15, 0.2) is 36.4 Å². The zero-order valence-corrected chi connectivity index (χ0v) is 18.0. The minimum absolute atomic E-state index is 0.0620. The third-order valence-electron chi connectivity index (χ3n) is 4.93. The molecule has 0 fully saturated rings. The molecule has 2 aromatic rings. The number of hydrogen-bond donors (Lipinski definition) is 2. The molecule has 0 heterocycles. The van der Waals surface area contributed by atoms with Crippen molar-refractivity contribution in [1.82, 2.24) is 0 Å². The van der Waals surface area contributed by atoms with Crippen LogP contribution in [0.5, 0.6) is 5.75 Å². The molecule has 1 N–H and O–H groups in total. The van der Waals surface area contributed by atoms with E-state index in [1.54, 1.807) is 0 Å². The Labute approximate surface area is 160 Å². The molecule has 0 spiro atoms. The van der Waals surface area contributed by atoms with E-state index in [0.717, 1.165) is 29.7 Å². The van der Waals surface area contributed by atoms with E-state index in [9.17, 15) is 5.11 Å². The van der Waals surface area contributed by atoms with Crippen LogP contribution in [0.4, 0.5) is 0 Å². The number of aryl methyl sites for hydroxylation is 1. The summed E-state index contributed by atoms with van der Waals surface area (Å²) < 4.78 is 0. The first-order chi connectivity index (χ1) is 11.8. The van der Waals surface area contributed by atoms with Crippen LogP contribution in [0.1, 0.15) is 68.7 Å². The van der Waals surface area contributed by atoms with Crippen LogP contribution >= 0.6 is 21.2 Å². The predicted octanol–water partition coefficient (Wildman–Crippen LogP) is 6.27. The fraction of sp³-hybridized carbons (Fsp3) is 0.455. The van der Waals surface area contributed by atoms with Crippen LogP contribution < -0.4 is 5.30 Å². The summed E-state index contributed by atoms with van der Waals surface area (Å²) in [5, 5.41) is 12.2. The molecule has 0 radical (unpaired) electrons. The number of thiol groups is 1. The summed E-state index contributed by atoms with van der Waals surface area (Å²) in [5.41, 5.74) is 4.68. The molecule has 0 amide bonds. The Balaban J connectivity index is 2.56. The molecule has 0 aromatic heterocycles. The molecule has 25 heavy (non-hydrogen) atoms. The van der Waals surface area contributed by atoms with Crippen molar-refractivity contribution in [2.24, 2.45) is 0 Å². The highest BCUT2D eigenvalue weighted by molar-refractivity contribution is 7.79. The minimum Gasteiger partial charge on any atom is -0.507 e. The lowest BCUT2D eigenvalue weighted by Crippen LogP contribution is -2.21. The largest absolute Gasteiger partial charge is 0.507 e. The van der Waals surface area contributed by atoms with Crippen molar-refractivity contribution in [2.45, 2.75) is 64.3 Å². The Bertz CT molecular complexity index is 726. The van der Waals surface area contributed by atoms with Crippen LogP contribution in [0.25, 0.3) is 0 Å². The Hall–Kier alpha value is -0.980. The summed E-state index contributed by atoms with van der Waals surface area (Å²) in [5.74, 6) is 1.68. The predicted molar refractivity (Wildman–Crippen MR) is 116 cm³/mol. The monoisotopic (exact) mass is 374 g/mol. The van der Waals surface area contributed by atoms with Crippen molar-refractivity contribution in [3.8, 4) is 5.75 Å². The molecule has 136 valence electrons. The van der Waals surface area contributed by atoms with Gasteiger partial charge >= 0.3 is 0 Å². The molecule has 0 saturated heterocycles. The van der Waals surface area contributed by atoms with Gasteiger partial charge in [0.2, 0.25) is 0 Å². The minimum atomic E-state index is -0.0620. The van der Waals surface area contributed by atoms with E-state index in [1.807, 2.05) is 6.92 Å². The molecule has 2 unspecified atom stereocenters. The molecule has 0 aliphatic heterocycles. The van der Waals surface area contributed by atoms with E-state index in [4.69, 9.17) is 0 Å². The normalized spacial score (nSPS) is 14.4. The quantitative estimate of drug-likeness (QED) is 0.432. The second kappa shape index (κ2) is 8.60. The number of hydrogen-bond acceptors (Lipinski definition) is 2. The highest BCUT2D eigenvalue weighted by Gasteiger charge is 2.31. The zero-order chi connectivity index (χ0) is 18.6. The van der Waals surface area contributed by atoms with E-state index in [0.29, 0.717) is 20.2 Å². The molecule has 0 aliphatic carbocycles. The van der Waals surface area contributed by atoms with Crippen molar-refractivity contribution in [1.29, 1.82) is 0 Å². The molecule has 2 rings (SSSR count). The van der Waals surface area contributed by atoms with Crippen LogP contribution in [-0.2, 0) is 10.9 Å². The Morgan fingerprint density at radius 1 is 1.20 bits per heavy atom. The molecular weight excluding hydrogens is 343 g/mol. The van der Waals surface area contributed by atoms with Crippen molar-refractivity contribution < 1.29 is 5.11 Å². The summed E-state index contributed by atoms with van der Waals surface area (Å²) >= 11 is 4.50. The van der Waals surface area contributed by atoms with Gasteiger partial charge in [0, 0.05) is 16.5 Å². The van der Waals surface area contributed by atoms with Gasteiger partial charge in [-0.3, -0.25) is 0 Å². The molecular formula is C22H31OPS. The molecule has 0 bridgehead atoms. The number of aromatic hydroxyl groups is 1. The highest BCUT2D eigenvalue weighted by Crippen LogP contribution is 2.49. The lowest BCUT2D eigenvalue weighted by atomic mass is 9.88. The third kappa shape index (κ3) is 4.60. The molecule has 3 heteroatoms. The lowest BCUT2D eigenvalue weighted by Gasteiger charge is -2.33. The van der Waals surface area contributed by atoms with Gasteiger partial charge in [-0.25, -0.2) is 0 Å². The van der Waals surface area contributed by atoms with Crippen LogP contribution in [-0.4, -0.2) is 5.11 Å². The van der Waals surface area contributed by atoms with Crippen LogP contribution in [0.2, 0.25) is 0 Å². The van der Waals surface area contributed by atoms with E-state index >= 15 is 0 Å². The first-order valence-corrected chi connectivity index (χ1v) is 10.8. The summed E-state index contributed by atoms with van der Waals surface area (Å²) in [4.78, 5) is 0. The molecule has 2 atom stereocenters. The maximum absolute atomic E-state index is 10.9. The fourth-order valence-electron chi connectivity index (χ4n) is 3.40. The maximum atomic E-state index is 10.9. The summed E-state index contributed by atoms with van der Waals surface area (Å²) in [6.07, 6.45) is 2.15. The smallest absolute Gasteiger partial charge is 0.122 e. The van der Waals surface area contributed by atoms with Gasteiger partial charge in [-0.15, -0.1) is 0 Å². The van der Waals surface area contributed by atoms with E-state index in [2.05, 4.69) is 76.7 Å². The third-order valence-corrected chi connectivity index (χ3v) is 7.10. The Morgan fingerprint density at radius 3 is 2.48 bits per heavy atom. The standard InChI is InChI=1S/C22H31OPS/c1-6-11-22(5,24-20-10-8-7-9-17(20)14-25)19-13-18(15(2)3)12-16(4)21(19)23/h7-10,12-13,15,23-25H,6,11,14H2,1-5H3. The van der Waals surface area contributed by atoms with Crippen molar-refractivity contribution in [3.63, 3.8) is 0 Å². The van der Waals surface area contributed by atoms with Gasteiger partial charge in [0.15, 0.2) is 0 Å². The summed E-state index contributed by atoms with van der Waals surface area (Å²) in [6.45, 7) is 11.0. The summed E-state index contributed by atoms with van der Waals surface area (Å²) in [7, 11) is 0.612. The van der Waals surface area contributed by atoms with E-state index < -0.39 is 0 Å². The number of rotatable bonds is 7. The van der Waals surface area contributed by atoms with E-state index in [1.165, 1.54) is 16.4 Å². The highest BCUT2D eigenvalue weighted by atomic mass is 32.1. The summed E-state index contributed by atoms with van der Waals surface area (Å²) in [6, 6.07) is 12.9. The van der Waals surface area contributed by atoms with Crippen molar-refractivity contribution in [2.75, 3.05) is 0 Å². The number of phenolic OH excluding ortho intramolecular Hbond substituents is 1. The zero-order valence-electron chi connectivity index (χ0n) is 16.1. The molecule has 0 saturated carbocycles. The van der Waals surface area contributed by atoms with Crippen LogP contribution in [0, 0.1) is 6.92 Å². The average molecular weight is 375 g/mol. The Kier molecular flexibility index (Phi) is 7.00. The van der Waals surface area contributed by atoms with Crippen molar-refractivity contribution >= 4 is 26.5 Å². The second-order valence-corrected chi connectivity index (χ2v) is 9.62. The molecule has 2 aromatic carbocycles. The van der Waals surface area contributed by atoms with Gasteiger partial charge < -0.3 is 5.11 Å². The van der Waals surface area contributed by atoms with Gasteiger partial charge in [0.25, 0.3) is 0 Å². The van der Waals surface area contributed by atoms with Crippen LogP contribution in [0.3, 0.4) is 0 Å². The average Bonchev–Trinajstić information content (AvgIpc) is 2.57. The first kappa shape index (κ1) is 20.3. The Morgan fingerprint density at radius 2 is 1.88 bits per heavy atom. The van der Waals surface area contributed by atoms with Gasteiger partial charge in [0.05, 0.1) is 0 Å². The fourth-order valence-corrected chi connectivity index (χ4v) is 5.63. The van der Waals surface area contributed by atoms with Gasteiger partial charge in [-0.2, -0.15) is 12.6 Å². The SMILES string of the molecule is CCCC(C)(Pc1ccccc1CS)c1cc(C(C)C)cc(C)c1O. The van der Waals surface area contributed by atoms with E-state index in [-0.39, 0.29) is 5.16 Å². The van der Waals surface area contributed by atoms with Gasteiger partial charge in [-0.1, -0.05) is 79.1 Å². The number of phenols is 1. The van der Waals surface area contributed by atoms with Gasteiger partial charge in [-0.05, 0) is 41.3 Å². The van der Waals surface area contributed by atoms with Crippen molar-refractivity contribution in [3.05, 3.63) is 58.7 Å². The second-order valence-electron chi connectivity index (χ2n) is 7.41.